The van der Waals surface area contributed by atoms with Crippen molar-refractivity contribution < 1.29 is 0 Å². The molecular formula is C19H16. The predicted molar refractivity (Wildman–Crippen MR) is 82.7 cm³/mol. The number of hydrogen-bond acceptors (Lipinski definition) is 0. The predicted octanol–water partition coefficient (Wildman–Crippen LogP) is 4.90. The van der Waals surface area contributed by atoms with Gasteiger partial charge in [0, 0.05) is 0 Å². The van der Waals surface area contributed by atoms with Crippen molar-refractivity contribution >= 4 is 11.1 Å². The zero-order valence-electron chi connectivity index (χ0n) is 10.9. The van der Waals surface area contributed by atoms with E-state index < -0.39 is 0 Å². The van der Waals surface area contributed by atoms with E-state index in [-0.39, 0.29) is 0 Å². The van der Waals surface area contributed by atoms with Crippen molar-refractivity contribution in [2.24, 2.45) is 0 Å². The summed E-state index contributed by atoms with van der Waals surface area (Å²) in [5.74, 6) is 0. The Labute approximate surface area is 114 Å². The van der Waals surface area contributed by atoms with Crippen LogP contribution in [0.2, 0.25) is 0 Å². The van der Waals surface area contributed by atoms with E-state index in [1.54, 1.807) is 0 Å². The van der Waals surface area contributed by atoms with E-state index in [1.807, 2.05) is 18.2 Å². The van der Waals surface area contributed by atoms with Crippen molar-refractivity contribution in [2.45, 2.75) is 6.42 Å². The lowest BCUT2D eigenvalue weighted by Gasteiger charge is -2.21. The molecule has 0 heteroatoms. The normalized spacial score (nSPS) is 13.7. The minimum atomic E-state index is 0.955. The monoisotopic (exact) mass is 244 g/mol. The van der Waals surface area contributed by atoms with Gasteiger partial charge < -0.3 is 0 Å². The molecule has 0 aliphatic heterocycles. The first-order valence-electron chi connectivity index (χ1n) is 6.50. The average Bonchev–Trinajstić information content (AvgIpc) is 2.48. The molecule has 0 atom stereocenters. The number of fused-ring (bicyclic) bond motifs is 1. The van der Waals surface area contributed by atoms with E-state index in [1.165, 1.54) is 16.7 Å². The van der Waals surface area contributed by atoms with Gasteiger partial charge in [0.2, 0.25) is 0 Å². The van der Waals surface area contributed by atoms with E-state index >= 15 is 0 Å². The van der Waals surface area contributed by atoms with Gasteiger partial charge in [0.15, 0.2) is 0 Å². The fourth-order valence-electron chi connectivity index (χ4n) is 2.57. The number of rotatable bonds is 2. The van der Waals surface area contributed by atoms with E-state index in [0.717, 1.165) is 23.1 Å². The molecule has 19 heavy (non-hydrogen) atoms. The zero-order chi connectivity index (χ0) is 13.2. The Hall–Kier alpha value is -2.34. The smallest absolute Gasteiger partial charge is 0.00819 e. The lowest BCUT2D eigenvalue weighted by atomic mass is 9.83. The largest absolute Gasteiger partial charge is 0.0905 e. The fraction of sp³-hybridized carbons (Fsp3) is 0.0526. The van der Waals surface area contributed by atoms with Gasteiger partial charge in [-0.2, -0.15) is 0 Å². The first-order valence-corrected chi connectivity index (χ1v) is 6.50. The second-order valence-corrected chi connectivity index (χ2v) is 4.80. The summed E-state index contributed by atoms with van der Waals surface area (Å²) < 4.78 is 0. The summed E-state index contributed by atoms with van der Waals surface area (Å²) in [6, 6.07) is 18.8. The molecule has 0 unspecified atom stereocenters. The van der Waals surface area contributed by atoms with Crippen LogP contribution < -0.4 is 0 Å². The molecule has 0 fully saturated rings. The molecule has 0 aromatic heterocycles. The van der Waals surface area contributed by atoms with Gasteiger partial charge in [-0.1, -0.05) is 73.8 Å². The van der Waals surface area contributed by atoms with Crippen LogP contribution in [0.25, 0.3) is 11.1 Å². The van der Waals surface area contributed by atoms with Crippen molar-refractivity contribution in [3.05, 3.63) is 96.1 Å². The third kappa shape index (κ3) is 2.06. The van der Waals surface area contributed by atoms with Gasteiger partial charge in [-0.15, -0.1) is 0 Å². The van der Waals surface area contributed by atoms with E-state index in [2.05, 4.69) is 55.6 Å². The third-order valence-electron chi connectivity index (χ3n) is 3.64. The Morgan fingerprint density at radius 1 is 0.895 bits per heavy atom. The molecular weight excluding hydrogens is 228 g/mol. The number of hydrogen-bond donors (Lipinski definition) is 0. The highest BCUT2D eigenvalue weighted by atomic mass is 14.2. The summed E-state index contributed by atoms with van der Waals surface area (Å²) in [5.41, 5.74) is 7.06. The Balaban J connectivity index is 1.99. The Bertz CT molecular complexity index is 672. The number of allylic oxidation sites excluding steroid dienone is 4. The van der Waals surface area contributed by atoms with Crippen LogP contribution in [0.1, 0.15) is 16.7 Å². The van der Waals surface area contributed by atoms with E-state index in [4.69, 9.17) is 0 Å². The maximum absolute atomic E-state index is 4.25. The molecule has 0 N–H and O–H groups in total. The molecule has 2 aromatic rings. The van der Waals surface area contributed by atoms with Crippen LogP contribution in [0, 0.1) is 0 Å². The van der Waals surface area contributed by atoms with Crippen LogP contribution in [0.5, 0.6) is 0 Å². The molecule has 92 valence electrons. The van der Waals surface area contributed by atoms with Crippen molar-refractivity contribution in [2.75, 3.05) is 0 Å². The van der Waals surface area contributed by atoms with Crippen LogP contribution in [-0.2, 0) is 6.42 Å². The summed E-state index contributed by atoms with van der Waals surface area (Å²) in [6.07, 6.45) is 3.19. The van der Waals surface area contributed by atoms with Crippen molar-refractivity contribution in [3.63, 3.8) is 0 Å². The summed E-state index contributed by atoms with van der Waals surface area (Å²) in [7, 11) is 0. The molecule has 1 aliphatic rings. The maximum Gasteiger partial charge on any atom is -0.00819 e. The SMILES string of the molecule is C=C(C1=CCc2ccccc2C1=C)c1ccccc1. The van der Waals surface area contributed by atoms with Crippen molar-refractivity contribution in [1.29, 1.82) is 0 Å². The van der Waals surface area contributed by atoms with Crippen LogP contribution in [-0.4, -0.2) is 0 Å². The molecule has 0 saturated carbocycles. The van der Waals surface area contributed by atoms with Gasteiger partial charge in [0.05, 0.1) is 0 Å². The quantitative estimate of drug-likeness (QED) is 0.705. The van der Waals surface area contributed by atoms with Crippen LogP contribution in [0.15, 0.2) is 79.4 Å². The molecule has 1 aliphatic carbocycles. The van der Waals surface area contributed by atoms with E-state index in [9.17, 15) is 0 Å². The minimum Gasteiger partial charge on any atom is -0.0905 e. The third-order valence-corrected chi connectivity index (χ3v) is 3.64. The van der Waals surface area contributed by atoms with Gasteiger partial charge in [-0.25, -0.2) is 0 Å². The molecule has 0 saturated heterocycles. The first kappa shape index (κ1) is 11.7. The van der Waals surface area contributed by atoms with Crippen LogP contribution >= 0.6 is 0 Å². The minimum absolute atomic E-state index is 0.955. The Kier molecular flexibility index (Phi) is 2.92. The molecule has 0 spiro atoms. The highest BCUT2D eigenvalue weighted by Gasteiger charge is 2.17. The molecule has 0 nitrogen and oxygen atoms in total. The van der Waals surface area contributed by atoms with Crippen molar-refractivity contribution in [1.82, 2.24) is 0 Å². The summed E-state index contributed by atoms with van der Waals surface area (Å²) in [6.45, 7) is 8.50. The zero-order valence-corrected chi connectivity index (χ0v) is 10.9. The van der Waals surface area contributed by atoms with Gasteiger partial charge in [-0.3, -0.25) is 0 Å². The number of benzene rings is 2. The molecule has 0 radical (unpaired) electrons. The highest BCUT2D eigenvalue weighted by Crippen LogP contribution is 2.37. The summed E-state index contributed by atoms with van der Waals surface area (Å²) >= 11 is 0. The Morgan fingerprint density at radius 3 is 2.37 bits per heavy atom. The molecule has 0 bridgehead atoms. The van der Waals surface area contributed by atoms with E-state index in [0.29, 0.717) is 0 Å². The lowest BCUT2D eigenvalue weighted by molar-refractivity contribution is 1.21. The maximum atomic E-state index is 4.25. The highest BCUT2D eigenvalue weighted by molar-refractivity contribution is 5.98. The molecule has 2 aromatic carbocycles. The second kappa shape index (κ2) is 4.74. The lowest BCUT2D eigenvalue weighted by Crippen LogP contribution is -2.02. The summed E-state index contributed by atoms with van der Waals surface area (Å²) in [4.78, 5) is 0. The van der Waals surface area contributed by atoms with Gasteiger partial charge in [0.1, 0.15) is 0 Å². The van der Waals surface area contributed by atoms with Gasteiger partial charge >= 0.3 is 0 Å². The van der Waals surface area contributed by atoms with Gasteiger partial charge in [0.25, 0.3) is 0 Å². The van der Waals surface area contributed by atoms with Crippen LogP contribution in [0.3, 0.4) is 0 Å². The molecule has 0 heterocycles. The van der Waals surface area contributed by atoms with Gasteiger partial charge in [-0.05, 0) is 39.8 Å². The second-order valence-electron chi connectivity index (χ2n) is 4.80. The van der Waals surface area contributed by atoms with Crippen LogP contribution in [0.4, 0.5) is 0 Å². The molecule has 0 amide bonds. The fourth-order valence-corrected chi connectivity index (χ4v) is 2.57. The molecule has 3 rings (SSSR count). The standard InChI is InChI=1S/C19H16/c1-14(16-8-4-3-5-9-16)18-13-12-17-10-6-7-11-19(17)15(18)2/h3-11,13H,1-2,12H2. The average molecular weight is 244 g/mol. The van der Waals surface area contributed by atoms with Crippen molar-refractivity contribution in [3.8, 4) is 0 Å². The first-order chi connectivity index (χ1) is 9.27. The summed E-state index contributed by atoms with van der Waals surface area (Å²) in [5, 5.41) is 0. The topological polar surface area (TPSA) is 0 Å². The Morgan fingerprint density at radius 2 is 1.58 bits per heavy atom.